The fourth-order valence-corrected chi connectivity index (χ4v) is 0.803. The lowest BCUT2D eigenvalue weighted by molar-refractivity contribution is 1.24. The van der Waals surface area contributed by atoms with Gasteiger partial charge in [-0.25, -0.2) is 4.98 Å². The molecule has 0 amide bonds. The minimum Gasteiger partial charge on any atom is -0.248 e. The monoisotopic (exact) mass is 151 g/mol. The van der Waals surface area contributed by atoms with Crippen molar-refractivity contribution in [2.24, 2.45) is 0 Å². The highest BCUT2D eigenvalue weighted by Crippen LogP contribution is 2.03. The molecule has 2 heteroatoms. The van der Waals surface area contributed by atoms with Crippen molar-refractivity contribution in [1.29, 1.82) is 0 Å². The molecule has 0 radical (unpaired) electrons. The summed E-state index contributed by atoms with van der Waals surface area (Å²) in [7, 11) is 0. The fraction of sp³-hybridized carbons (Fsp3) is 0.125. The van der Waals surface area contributed by atoms with E-state index in [2.05, 4.69) is 10.9 Å². The first-order chi connectivity index (χ1) is 4.86. The highest BCUT2D eigenvalue weighted by atomic mass is 35.5. The Morgan fingerprint density at radius 2 is 2.50 bits per heavy atom. The molecule has 1 nitrogen and oxygen atoms in total. The number of rotatable bonds is 1. The van der Waals surface area contributed by atoms with Crippen molar-refractivity contribution in [3.8, 4) is 12.3 Å². The maximum Gasteiger partial charge on any atom is 0.113 e. The molecule has 0 spiro atoms. The summed E-state index contributed by atoms with van der Waals surface area (Å²) in [6.07, 6.45) is 6.78. The zero-order valence-corrected chi connectivity index (χ0v) is 6.10. The van der Waals surface area contributed by atoms with Crippen LogP contribution < -0.4 is 0 Å². The zero-order chi connectivity index (χ0) is 7.40. The lowest BCUT2D eigenvalue weighted by Crippen LogP contribution is -1.83. The number of hydrogen-bond acceptors (Lipinski definition) is 1. The van der Waals surface area contributed by atoms with Crippen molar-refractivity contribution in [2.75, 3.05) is 0 Å². The van der Waals surface area contributed by atoms with E-state index in [1.54, 1.807) is 12.3 Å². The Bertz CT molecular complexity index is 262. The van der Waals surface area contributed by atoms with Gasteiger partial charge in [-0.2, -0.15) is 0 Å². The maximum atomic E-state index is 5.56. The Kier molecular flexibility index (Phi) is 2.30. The number of halogens is 1. The Hall–Kier alpha value is -1.00. The van der Waals surface area contributed by atoms with Crippen LogP contribution in [0.1, 0.15) is 11.3 Å². The van der Waals surface area contributed by atoms with Gasteiger partial charge in [0.05, 0.1) is 0 Å². The van der Waals surface area contributed by atoms with Crippen LogP contribution in [0.25, 0.3) is 0 Å². The van der Waals surface area contributed by atoms with Crippen molar-refractivity contribution in [3.63, 3.8) is 0 Å². The largest absolute Gasteiger partial charge is 0.248 e. The Balaban J connectivity index is 3.01. The molecule has 0 aliphatic carbocycles. The average Bonchev–Trinajstić information content (AvgIpc) is 2.05. The quantitative estimate of drug-likeness (QED) is 0.441. The van der Waals surface area contributed by atoms with Crippen LogP contribution in [0.4, 0.5) is 0 Å². The van der Waals surface area contributed by atoms with E-state index < -0.39 is 0 Å². The van der Waals surface area contributed by atoms with Crippen LogP contribution in [0.2, 0.25) is 0 Å². The van der Waals surface area contributed by atoms with Gasteiger partial charge in [0.15, 0.2) is 0 Å². The van der Waals surface area contributed by atoms with E-state index in [9.17, 15) is 0 Å². The highest BCUT2D eigenvalue weighted by molar-refractivity contribution is 6.17. The van der Waals surface area contributed by atoms with E-state index in [1.165, 1.54) is 0 Å². The lowest BCUT2D eigenvalue weighted by atomic mass is 10.2. The average molecular weight is 152 g/mol. The van der Waals surface area contributed by atoms with Crippen LogP contribution in [0, 0.1) is 12.3 Å². The van der Waals surface area contributed by atoms with Gasteiger partial charge in [-0.15, -0.1) is 18.0 Å². The minimum atomic E-state index is 0.483. The van der Waals surface area contributed by atoms with Crippen molar-refractivity contribution in [1.82, 2.24) is 4.98 Å². The summed E-state index contributed by atoms with van der Waals surface area (Å²) in [6, 6.07) is 3.64. The van der Waals surface area contributed by atoms with Crippen molar-refractivity contribution in [3.05, 3.63) is 29.6 Å². The second-order valence-corrected chi connectivity index (χ2v) is 2.09. The molecule has 0 N–H and O–H groups in total. The molecule has 0 saturated carbocycles. The van der Waals surface area contributed by atoms with E-state index in [0.717, 1.165) is 5.56 Å². The standard InChI is InChI=1S/C8H6ClN/c1-2-8-5-7(6-9)3-4-10-8/h1,3-5H,6H2. The van der Waals surface area contributed by atoms with Crippen LogP contribution in [-0.4, -0.2) is 4.98 Å². The molecule has 0 aliphatic rings. The van der Waals surface area contributed by atoms with Gasteiger partial charge in [-0.05, 0) is 17.7 Å². The van der Waals surface area contributed by atoms with E-state index in [4.69, 9.17) is 18.0 Å². The van der Waals surface area contributed by atoms with Crippen molar-refractivity contribution < 1.29 is 0 Å². The Morgan fingerprint density at radius 1 is 1.70 bits per heavy atom. The molecule has 1 aromatic heterocycles. The first kappa shape index (κ1) is 7.11. The summed E-state index contributed by atoms with van der Waals surface area (Å²) >= 11 is 5.56. The molecule has 0 fully saturated rings. The van der Waals surface area contributed by atoms with Crippen molar-refractivity contribution in [2.45, 2.75) is 5.88 Å². The number of hydrogen-bond donors (Lipinski definition) is 0. The molecule has 1 heterocycles. The first-order valence-electron chi connectivity index (χ1n) is 2.84. The molecule has 0 unspecified atom stereocenters. The van der Waals surface area contributed by atoms with Gasteiger partial charge >= 0.3 is 0 Å². The second-order valence-electron chi connectivity index (χ2n) is 1.83. The van der Waals surface area contributed by atoms with E-state index in [0.29, 0.717) is 11.6 Å². The molecular weight excluding hydrogens is 146 g/mol. The Morgan fingerprint density at radius 3 is 3.10 bits per heavy atom. The summed E-state index contributed by atoms with van der Waals surface area (Å²) in [5.41, 5.74) is 1.64. The molecule has 0 aromatic carbocycles. The molecule has 0 aliphatic heterocycles. The van der Waals surface area contributed by atoms with Gasteiger partial charge < -0.3 is 0 Å². The SMILES string of the molecule is C#Cc1cc(CCl)ccn1. The van der Waals surface area contributed by atoms with Crippen molar-refractivity contribution >= 4 is 11.6 Å². The van der Waals surface area contributed by atoms with Gasteiger partial charge in [0.25, 0.3) is 0 Å². The third-order valence-corrected chi connectivity index (χ3v) is 1.44. The second kappa shape index (κ2) is 3.24. The van der Waals surface area contributed by atoms with Gasteiger partial charge in [-0.1, -0.05) is 5.92 Å². The number of terminal acetylenes is 1. The molecular formula is C8H6ClN. The number of nitrogens with zero attached hydrogens (tertiary/aromatic N) is 1. The zero-order valence-electron chi connectivity index (χ0n) is 5.34. The number of aromatic nitrogens is 1. The van der Waals surface area contributed by atoms with Gasteiger partial charge in [-0.3, -0.25) is 0 Å². The van der Waals surface area contributed by atoms with E-state index >= 15 is 0 Å². The van der Waals surface area contributed by atoms with E-state index in [1.807, 2.05) is 6.07 Å². The molecule has 0 bridgehead atoms. The minimum absolute atomic E-state index is 0.483. The summed E-state index contributed by atoms with van der Waals surface area (Å²) in [5, 5.41) is 0. The lowest BCUT2D eigenvalue weighted by Gasteiger charge is -1.92. The van der Waals surface area contributed by atoms with Crippen LogP contribution >= 0.6 is 11.6 Å². The number of pyridine rings is 1. The predicted octanol–water partition coefficient (Wildman–Crippen LogP) is 1.80. The molecule has 50 valence electrons. The summed E-state index contributed by atoms with van der Waals surface area (Å²) in [5.74, 6) is 2.92. The first-order valence-corrected chi connectivity index (χ1v) is 3.38. The fourth-order valence-electron chi connectivity index (χ4n) is 0.636. The van der Waals surface area contributed by atoms with Crippen LogP contribution in [0.15, 0.2) is 18.3 Å². The molecule has 0 atom stereocenters. The van der Waals surface area contributed by atoms with Gasteiger partial charge in [0.2, 0.25) is 0 Å². The third-order valence-electron chi connectivity index (χ3n) is 1.13. The number of alkyl halides is 1. The van der Waals surface area contributed by atoms with E-state index in [-0.39, 0.29) is 0 Å². The smallest absolute Gasteiger partial charge is 0.113 e. The summed E-state index contributed by atoms with van der Waals surface area (Å²) in [4.78, 5) is 3.91. The maximum absolute atomic E-state index is 5.56. The highest BCUT2D eigenvalue weighted by Gasteiger charge is 1.90. The molecule has 1 aromatic rings. The Labute approximate surface area is 65.0 Å². The topological polar surface area (TPSA) is 12.9 Å². The predicted molar refractivity (Wildman–Crippen MR) is 41.7 cm³/mol. The summed E-state index contributed by atoms with van der Waals surface area (Å²) in [6.45, 7) is 0. The van der Waals surface area contributed by atoms with Crippen LogP contribution in [0.5, 0.6) is 0 Å². The third kappa shape index (κ3) is 1.49. The van der Waals surface area contributed by atoms with Gasteiger partial charge in [0, 0.05) is 12.1 Å². The summed E-state index contributed by atoms with van der Waals surface area (Å²) < 4.78 is 0. The molecule has 10 heavy (non-hydrogen) atoms. The van der Waals surface area contributed by atoms with Crippen LogP contribution in [0.3, 0.4) is 0 Å². The molecule has 1 rings (SSSR count). The molecule has 0 saturated heterocycles. The van der Waals surface area contributed by atoms with Crippen LogP contribution in [-0.2, 0) is 5.88 Å². The van der Waals surface area contributed by atoms with Gasteiger partial charge in [0.1, 0.15) is 5.69 Å². The normalized spacial score (nSPS) is 8.80.